The number of amides is 1. The minimum atomic E-state index is -4.54. The molecule has 0 unspecified atom stereocenters. The molecule has 1 amide bonds. The highest BCUT2D eigenvalue weighted by Gasteiger charge is 2.31. The number of benzene rings is 1. The van der Waals surface area contributed by atoms with Crippen LogP contribution in [0.3, 0.4) is 0 Å². The average molecular weight is 426 g/mol. The maximum atomic E-state index is 12.7. The van der Waals surface area contributed by atoms with Crippen LogP contribution < -0.4 is 10.1 Å². The number of piperidine rings is 1. The molecule has 2 rings (SSSR count). The lowest BCUT2D eigenvalue weighted by atomic mass is 9.96. The van der Waals surface area contributed by atoms with Crippen LogP contribution in [0.5, 0.6) is 5.75 Å². The summed E-state index contributed by atoms with van der Waals surface area (Å²) in [7, 11) is 0. The Hall–Kier alpha value is -2.07. The van der Waals surface area contributed by atoms with Gasteiger partial charge < -0.3 is 15.0 Å². The van der Waals surface area contributed by atoms with Crippen molar-refractivity contribution in [1.29, 1.82) is 0 Å². The predicted octanol–water partition coefficient (Wildman–Crippen LogP) is 3.42. The fraction of sp³-hybridized carbons (Fsp3) is 0.588. The number of ether oxygens (including phenoxy) is 1. The minimum absolute atomic E-state index is 0. The van der Waals surface area contributed by atoms with Crippen molar-refractivity contribution in [2.75, 3.05) is 32.8 Å². The zero-order chi connectivity index (χ0) is 20.0. The van der Waals surface area contributed by atoms with Gasteiger partial charge in [0.1, 0.15) is 11.3 Å². The quantitative estimate of drug-likeness (QED) is 0.534. The average Bonchev–Trinajstić information content (AvgIpc) is 2.63. The number of alkyl halides is 3. The molecule has 0 aliphatic carbocycles. The lowest BCUT2D eigenvalue weighted by Crippen LogP contribution is -2.41. The number of likely N-dealkylation sites (tertiary alicyclic amines) is 1. The maximum Gasteiger partial charge on any atom is 0.422 e. The molecular formula is C17H23ClF3N3O4. The smallest absolute Gasteiger partial charge is 0.422 e. The van der Waals surface area contributed by atoms with Crippen LogP contribution in [0, 0.1) is 16.0 Å². The summed E-state index contributed by atoms with van der Waals surface area (Å²) in [5.74, 6) is -0.380. The van der Waals surface area contributed by atoms with Crippen LogP contribution in [0.2, 0.25) is 0 Å². The number of nitrogens with one attached hydrogen (secondary N) is 1. The van der Waals surface area contributed by atoms with E-state index in [0.717, 1.165) is 44.1 Å². The second-order valence-electron chi connectivity index (χ2n) is 6.38. The van der Waals surface area contributed by atoms with Crippen molar-refractivity contribution in [1.82, 2.24) is 10.2 Å². The zero-order valence-electron chi connectivity index (χ0n) is 15.3. The first-order chi connectivity index (χ1) is 12.7. The molecule has 1 N–H and O–H groups in total. The first-order valence-electron chi connectivity index (χ1n) is 8.69. The SMILES string of the molecule is CCNCC1CCN(C(=O)c2cc(OCC(F)(F)F)ccc2[N+](=O)[O-])CC1.Cl. The van der Waals surface area contributed by atoms with Gasteiger partial charge in [0.25, 0.3) is 11.6 Å². The molecule has 28 heavy (non-hydrogen) atoms. The van der Waals surface area contributed by atoms with Crippen LogP contribution in [0.15, 0.2) is 18.2 Å². The van der Waals surface area contributed by atoms with E-state index in [9.17, 15) is 28.1 Å². The Bertz CT molecular complexity index is 680. The number of rotatable bonds is 7. The molecule has 0 radical (unpaired) electrons. The second kappa shape index (κ2) is 10.5. The summed E-state index contributed by atoms with van der Waals surface area (Å²) >= 11 is 0. The predicted molar refractivity (Wildman–Crippen MR) is 99.1 cm³/mol. The molecule has 0 atom stereocenters. The van der Waals surface area contributed by atoms with Crippen molar-refractivity contribution in [3.63, 3.8) is 0 Å². The Morgan fingerprint density at radius 2 is 2.00 bits per heavy atom. The Kier molecular flexibility index (Phi) is 8.96. The van der Waals surface area contributed by atoms with E-state index < -0.39 is 29.3 Å². The standard InChI is InChI=1S/C17H22F3N3O4.ClH/c1-2-21-10-12-5-7-22(8-6-12)16(24)14-9-13(27-11-17(18,19)20)3-4-15(14)23(25)26;/h3-4,9,12,21H,2,5-8,10-11H2,1H3;1H. The first kappa shape index (κ1) is 24.0. The molecule has 7 nitrogen and oxygen atoms in total. The third-order valence-electron chi connectivity index (χ3n) is 4.38. The van der Waals surface area contributed by atoms with E-state index in [1.165, 1.54) is 4.90 Å². The highest BCUT2D eigenvalue weighted by atomic mass is 35.5. The van der Waals surface area contributed by atoms with Crippen molar-refractivity contribution in [2.45, 2.75) is 25.9 Å². The Balaban J connectivity index is 0.00000392. The summed E-state index contributed by atoms with van der Waals surface area (Å²) < 4.78 is 41.5. The summed E-state index contributed by atoms with van der Waals surface area (Å²) in [6.07, 6.45) is -3.02. The van der Waals surface area contributed by atoms with E-state index in [1.807, 2.05) is 6.92 Å². The van der Waals surface area contributed by atoms with Gasteiger partial charge in [-0.25, -0.2) is 0 Å². The molecule has 11 heteroatoms. The van der Waals surface area contributed by atoms with Crippen molar-refractivity contribution < 1.29 is 27.6 Å². The van der Waals surface area contributed by atoms with E-state index in [1.54, 1.807) is 0 Å². The normalized spacial score (nSPS) is 15.1. The maximum absolute atomic E-state index is 12.7. The monoisotopic (exact) mass is 425 g/mol. The molecular weight excluding hydrogens is 403 g/mol. The Morgan fingerprint density at radius 1 is 1.36 bits per heavy atom. The highest BCUT2D eigenvalue weighted by Crippen LogP contribution is 2.28. The molecule has 158 valence electrons. The molecule has 1 aliphatic rings. The number of nitro benzene ring substituents is 1. The molecule has 0 spiro atoms. The van der Waals surface area contributed by atoms with E-state index in [2.05, 4.69) is 10.1 Å². The Morgan fingerprint density at radius 3 is 2.54 bits per heavy atom. The zero-order valence-corrected chi connectivity index (χ0v) is 16.1. The summed E-state index contributed by atoms with van der Waals surface area (Å²) in [4.78, 5) is 24.7. The van der Waals surface area contributed by atoms with Gasteiger partial charge in [-0.3, -0.25) is 14.9 Å². The molecule has 1 aromatic carbocycles. The summed E-state index contributed by atoms with van der Waals surface area (Å²) in [6, 6.07) is 3.07. The lowest BCUT2D eigenvalue weighted by Gasteiger charge is -2.32. The van der Waals surface area contributed by atoms with Gasteiger partial charge in [0, 0.05) is 19.2 Å². The van der Waals surface area contributed by atoms with Gasteiger partial charge >= 0.3 is 6.18 Å². The number of hydrogen-bond donors (Lipinski definition) is 1. The van der Waals surface area contributed by atoms with Crippen LogP contribution in [-0.2, 0) is 0 Å². The van der Waals surface area contributed by atoms with E-state index in [4.69, 9.17) is 0 Å². The van der Waals surface area contributed by atoms with Gasteiger partial charge in [0.15, 0.2) is 6.61 Å². The van der Waals surface area contributed by atoms with Crippen molar-refractivity contribution in [3.8, 4) is 5.75 Å². The summed E-state index contributed by atoms with van der Waals surface area (Å²) in [5, 5.41) is 14.5. The number of halogens is 4. The molecule has 0 saturated carbocycles. The fourth-order valence-corrected chi connectivity index (χ4v) is 2.96. The van der Waals surface area contributed by atoms with Crippen molar-refractivity contribution in [3.05, 3.63) is 33.9 Å². The van der Waals surface area contributed by atoms with Gasteiger partial charge in [0.05, 0.1) is 4.92 Å². The first-order valence-corrected chi connectivity index (χ1v) is 8.69. The third kappa shape index (κ3) is 6.83. The number of carbonyl (C=O) groups excluding carboxylic acids is 1. The third-order valence-corrected chi connectivity index (χ3v) is 4.38. The summed E-state index contributed by atoms with van der Waals surface area (Å²) in [6.45, 7) is 3.06. The summed E-state index contributed by atoms with van der Waals surface area (Å²) in [5.41, 5.74) is -0.709. The molecule has 1 heterocycles. The second-order valence-corrected chi connectivity index (χ2v) is 6.38. The van der Waals surface area contributed by atoms with Gasteiger partial charge in [-0.15, -0.1) is 12.4 Å². The minimum Gasteiger partial charge on any atom is -0.484 e. The molecule has 1 saturated heterocycles. The van der Waals surface area contributed by atoms with E-state index >= 15 is 0 Å². The van der Waals surface area contributed by atoms with Crippen molar-refractivity contribution >= 4 is 24.0 Å². The van der Waals surface area contributed by atoms with Crippen LogP contribution in [0.25, 0.3) is 0 Å². The number of nitrogens with zero attached hydrogens (tertiary/aromatic N) is 2. The number of carbonyl (C=O) groups is 1. The number of nitro groups is 1. The highest BCUT2D eigenvalue weighted by molar-refractivity contribution is 5.98. The molecule has 1 fully saturated rings. The van der Waals surface area contributed by atoms with E-state index in [0.29, 0.717) is 19.0 Å². The molecule has 1 aromatic rings. The van der Waals surface area contributed by atoms with Gasteiger partial charge in [-0.05, 0) is 44.0 Å². The molecule has 0 aromatic heterocycles. The van der Waals surface area contributed by atoms with Gasteiger partial charge in [-0.1, -0.05) is 6.92 Å². The van der Waals surface area contributed by atoms with Crippen LogP contribution in [0.4, 0.5) is 18.9 Å². The number of hydrogen-bond acceptors (Lipinski definition) is 5. The van der Waals surface area contributed by atoms with E-state index in [-0.39, 0.29) is 23.7 Å². The lowest BCUT2D eigenvalue weighted by molar-refractivity contribution is -0.385. The topological polar surface area (TPSA) is 84.7 Å². The van der Waals surface area contributed by atoms with Crippen molar-refractivity contribution in [2.24, 2.45) is 5.92 Å². The van der Waals surface area contributed by atoms with Crippen LogP contribution >= 0.6 is 12.4 Å². The van der Waals surface area contributed by atoms with Gasteiger partial charge in [-0.2, -0.15) is 13.2 Å². The molecule has 1 aliphatic heterocycles. The van der Waals surface area contributed by atoms with Crippen LogP contribution in [-0.4, -0.2) is 54.7 Å². The largest absolute Gasteiger partial charge is 0.484 e. The Labute approximate surface area is 166 Å². The molecule has 0 bridgehead atoms. The fourth-order valence-electron chi connectivity index (χ4n) is 2.96. The van der Waals surface area contributed by atoms with Gasteiger partial charge in [0.2, 0.25) is 0 Å². The van der Waals surface area contributed by atoms with Crippen LogP contribution in [0.1, 0.15) is 30.1 Å².